The molecule has 1 atom stereocenters. The molecule has 2 N–H and O–H groups in total. The van der Waals surface area contributed by atoms with Crippen molar-refractivity contribution in [3.8, 4) is 17.1 Å². The van der Waals surface area contributed by atoms with Gasteiger partial charge in [0.15, 0.2) is 5.82 Å². The zero-order chi connectivity index (χ0) is 27.0. The van der Waals surface area contributed by atoms with Crippen LogP contribution in [0.4, 0.5) is 4.39 Å². The number of aromatic amines is 1. The molecule has 2 saturated carbocycles. The lowest BCUT2D eigenvalue weighted by Gasteiger charge is -2.41. The van der Waals surface area contributed by atoms with Crippen molar-refractivity contribution in [2.45, 2.75) is 69.0 Å². The molecule has 1 unspecified atom stereocenters. The SMILES string of the molecule is COc1cc(-c2cc(C(=O)N3CCC(C(=O)NC4CCC(N5CCOCC5)CC4)CC34CC4)[nH]n2)c(F)cn1. The number of nitrogens with zero attached hydrogens (tertiary/aromatic N) is 4. The smallest absolute Gasteiger partial charge is 0.272 e. The number of carbonyl (C=O) groups is 2. The second kappa shape index (κ2) is 10.8. The van der Waals surface area contributed by atoms with Crippen molar-refractivity contribution in [1.29, 1.82) is 0 Å². The van der Waals surface area contributed by atoms with Crippen molar-refractivity contribution in [2.24, 2.45) is 5.92 Å². The van der Waals surface area contributed by atoms with Gasteiger partial charge in [-0.3, -0.25) is 19.6 Å². The molecule has 4 aliphatic rings. The average molecular weight is 541 g/mol. The largest absolute Gasteiger partial charge is 0.481 e. The standard InChI is InChI=1S/C28H37FN6O4/c1-38-25-14-21(22(29)17-30-25)23-15-24(33-32-23)27(37)35-9-6-18(16-28(35)7-8-28)26(36)31-19-2-4-20(5-3-19)34-10-12-39-13-11-34/h14-15,17-20H,2-13,16H2,1H3,(H,31,36)(H,32,33). The van der Waals surface area contributed by atoms with Gasteiger partial charge in [0.25, 0.3) is 5.91 Å². The van der Waals surface area contributed by atoms with E-state index in [1.165, 1.54) is 13.2 Å². The molecule has 2 aliphatic carbocycles. The number of methoxy groups -OCH3 is 1. The van der Waals surface area contributed by atoms with E-state index in [9.17, 15) is 14.0 Å². The highest BCUT2D eigenvalue weighted by Crippen LogP contribution is 2.50. The second-order valence-electron chi connectivity index (χ2n) is 11.4. The zero-order valence-electron chi connectivity index (χ0n) is 22.5. The Balaban J connectivity index is 1.04. The molecule has 10 nitrogen and oxygen atoms in total. The van der Waals surface area contributed by atoms with E-state index >= 15 is 0 Å². The summed E-state index contributed by atoms with van der Waals surface area (Å²) in [5, 5.41) is 10.3. The number of amides is 2. The summed E-state index contributed by atoms with van der Waals surface area (Å²) in [4.78, 5) is 35.0. The molecule has 0 radical (unpaired) electrons. The number of piperidine rings is 1. The molecule has 39 heavy (non-hydrogen) atoms. The van der Waals surface area contributed by atoms with Gasteiger partial charge in [0.2, 0.25) is 11.8 Å². The lowest BCUT2D eigenvalue weighted by atomic mass is 9.86. The topological polar surface area (TPSA) is 113 Å². The summed E-state index contributed by atoms with van der Waals surface area (Å²) in [6, 6.07) is 3.87. The Kier molecular flexibility index (Phi) is 7.28. The third-order valence-electron chi connectivity index (χ3n) is 9.07. The Morgan fingerprint density at radius 2 is 1.90 bits per heavy atom. The van der Waals surface area contributed by atoms with Crippen LogP contribution in [0.3, 0.4) is 0 Å². The zero-order valence-corrected chi connectivity index (χ0v) is 22.5. The minimum atomic E-state index is -0.540. The van der Waals surface area contributed by atoms with Gasteiger partial charge in [0, 0.05) is 54.8 Å². The Morgan fingerprint density at radius 1 is 1.13 bits per heavy atom. The van der Waals surface area contributed by atoms with E-state index in [1.807, 2.05) is 4.90 Å². The van der Waals surface area contributed by atoms with Gasteiger partial charge in [0.1, 0.15) is 5.69 Å². The van der Waals surface area contributed by atoms with E-state index in [2.05, 4.69) is 25.4 Å². The number of ether oxygens (including phenoxy) is 2. The van der Waals surface area contributed by atoms with E-state index in [0.29, 0.717) is 36.8 Å². The van der Waals surface area contributed by atoms with Gasteiger partial charge in [-0.15, -0.1) is 0 Å². The third-order valence-corrected chi connectivity index (χ3v) is 9.07. The van der Waals surface area contributed by atoms with Gasteiger partial charge in [-0.2, -0.15) is 5.10 Å². The number of H-pyrrole nitrogens is 1. The fraction of sp³-hybridized carbons (Fsp3) is 0.643. The molecule has 210 valence electrons. The Labute approximate surface area is 227 Å². The Hall–Kier alpha value is -3.05. The van der Waals surface area contributed by atoms with E-state index in [-0.39, 0.29) is 40.8 Å². The predicted molar refractivity (Wildman–Crippen MR) is 141 cm³/mol. The lowest BCUT2D eigenvalue weighted by molar-refractivity contribution is -0.128. The van der Waals surface area contributed by atoms with Crippen molar-refractivity contribution < 1.29 is 23.5 Å². The van der Waals surface area contributed by atoms with Crippen LogP contribution >= 0.6 is 0 Å². The van der Waals surface area contributed by atoms with Gasteiger partial charge in [-0.25, -0.2) is 9.37 Å². The molecule has 11 heteroatoms. The number of pyridine rings is 1. The van der Waals surface area contributed by atoms with Gasteiger partial charge >= 0.3 is 0 Å². The molecular formula is C28H37FN6O4. The molecular weight excluding hydrogens is 503 g/mol. The van der Waals surface area contributed by atoms with Gasteiger partial charge < -0.3 is 19.7 Å². The molecule has 4 heterocycles. The lowest BCUT2D eigenvalue weighted by Crippen LogP contribution is -2.52. The maximum absolute atomic E-state index is 14.4. The highest BCUT2D eigenvalue weighted by atomic mass is 19.1. The van der Waals surface area contributed by atoms with E-state index in [0.717, 1.165) is 71.0 Å². The second-order valence-corrected chi connectivity index (χ2v) is 11.4. The number of aromatic nitrogens is 3. The molecule has 2 saturated heterocycles. The summed E-state index contributed by atoms with van der Waals surface area (Å²) in [6.07, 6.45) is 8.45. The molecule has 2 aliphatic heterocycles. The Bertz CT molecular complexity index is 1200. The number of halogens is 1. The van der Waals surface area contributed by atoms with Gasteiger partial charge in [-0.05, 0) is 57.4 Å². The summed E-state index contributed by atoms with van der Waals surface area (Å²) in [5.41, 5.74) is 0.569. The third kappa shape index (κ3) is 5.38. The summed E-state index contributed by atoms with van der Waals surface area (Å²) < 4.78 is 24.9. The first-order valence-electron chi connectivity index (χ1n) is 14.2. The highest BCUT2D eigenvalue weighted by Gasteiger charge is 2.54. The molecule has 6 rings (SSSR count). The minimum absolute atomic E-state index is 0.0794. The van der Waals surface area contributed by atoms with E-state index in [4.69, 9.17) is 9.47 Å². The summed E-state index contributed by atoms with van der Waals surface area (Å²) in [6.45, 7) is 4.18. The molecule has 2 aromatic heterocycles. The Morgan fingerprint density at radius 3 is 2.62 bits per heavy atom. The minimum Gasteiger partial charge on any atom is -0.481 e. The van der Waals surface area contributed by atoms with E-state index in [1.54, 1.807) is 6.07 Å². The normalized spacial score (nSPS) is 26.8. The average Bonchev–Trinajstić information content (AvgIpc) is 3.54. The fourth-order valence-electron chi connectivity index (χ4n) is 6.64. The summed E-state index contributed by atoms with van der Waals surface area (Å²) in [7, 11) is 1.46. The summed E-state index contributed by atoms with van der Waals surface area (Å²) >= 11 is 0. The van der Waals surface area contributed by atoms with Crippen LogP contribution < -0.4 is 10.1 Å². The first-order chi connectivity index (χ1) is 19.0. The van der Waals surface area contributed by atoms with Crippen LogP contribution in [-0.4, -0.2) is 94.4 Å². The monoisotopic (exact) mass is 540 g/mol. The molecule has 2 amide bonds. The summed E-state index contributed by atoms with van der Waals surface area (Å²) in [5.74, 6) is -0.377. The van der Waals surface area contributed by atoms with Crippen LogP contribution in [0.25, 0.3) is 11.3 Å². The molecule has 4 fully saturated rings. The quantitative estimate of drug-likeness (QED) is 0.579. The number of carbonyl (C=O) groups excluding carboxylic acids is 2. The van der Waals surface area contributed by atoms with Crippen molar-refractivity contribution in [2.75, 3.05) is 40.0 Å². The van der Waals surface area contributed by atoms with E-state index < -0.39 is 5.82 Å². The highest BCUT2D eigenvalue weighted by molar-refractivity contribution is 5.94. The molecule has 2 aromatic rings. The van der Waals surface area contributed by atoms with Crippen molar-refractivity contribution in [1.82, 2.24) is 30.3 Å². The molecule has 0 aromatic carbocycles. The van der Waals surface area contributed by atoms with Crippen LogP contribution in [0.2, 0.25) is 0 Å². The van der Waals surface area contributed by atoms with Crippen molar-refractivity contribution in [3.63, 3.8) is 0 Å². The fourth-order valence-corrected chi connectivity index (χ4v) is 6.64. The number of hydrogen-bond acceptors (Lipinski definition) is 7. The maximum atomic E-state index is 14.4. The number of nitrogens with one attached hydrogen (secondary N) is 2. The first-order valence-corrected chi connectivity index (χ1v) is 14.2. The molecule has 0 bridgehead atoms. The van der Waals surface area contributed by atoms with Gasteiger partial charge in [-0.1, -0.05) is 0 Å². The van der Waals surface area contributed by atoms with Crippen molar-refractivity contribution in [3.05, 3.63) is 29.8 Å². The predicted octanol–water partition coefficient (Wildman–Crippen LogP) is 2.76. The molecule has 1 spiro atoms. The number of likely N-dealkylation sites (tertiary alicyclic amines) is 1. The van der Waals surface area contributed by atoms with Crippen LogP contribution in [0, 0.1) is 11.7 Å². The van der Waals surface area contributed by atoms with Gasteiger partial charge in [0.05, 0.1) is 32.2 Å². The van der Waals surface area contributed by atoms with Crippen molar-refractivity contribution >= 4 is 11.8 Å². The number of morpholine rings is 1. The van der Waals surface area contributed by atoms with Crippen LogP contribution in [-0.2, 0) is 9.53 Å². The number of rotatable bonds is 6. The first kappa shape index (κ1) is 26.2. The number of hydrogen-bond donors (Lipinski definition) is 2. The van der Waals surface area contributed by atoms with Crippen LogP contribution in [0.15, 0.2) is 18.3 Å². The maximum Gasteiger partial charge on any atom is 0.272 e. The van der Waals surface area contributed by atoms with Crippen LogP contribution in [0.1, 0.15) is 61.9 Å². The van der Waals surface area contributed by atoms with Crippen LogP contribution in [0.5, 0.6) is 5.88 Å².